The minimum absolute atomic E-state index is 0.0898. The quantitative estimate of drug-likeness (QED) is 0.826. The highest BCUT2D eigenvalue weighted by Gasteiger charge is 2.35. The van der Waals surface area contributed by atoms with Gasteiger partial charge in [0.15, 0.2) is 0 Å². The van der Waals surface area contributed by atoms with Crippen LogP contribution < -0.4 is 0 Å². The molecule has 1 nitrogen and oxygen atoms in total. The summed E-state index contributed by atoms with van der Waals surface area (Å²) in [7, 11) is 0. The number of aliphatic hydroxyl groups excluding tert-OH is 1. The maximum absolute atomic E-state index is 9.77. The van der Waals surface area contributed by atoms with E-state index in [-0.39, 0.29) is 5.41 Å². The Kier molecular flexibility index (Phi) is 2.96. The van der Waals surface area contributed by atoms with Crippen LogP contribution in [-0.2, 0) is 18.3 Å². The van der Waals surface area contributed by atoms with E-state index < -0.39 is 0 Å². The van der Waals surface area contributed by atoms with Crippen LogP contribution in [0.5, 0.6) is 0 Å². The maximum Gasteiger partial charge on any atom is 0.0527 e. The van der Waals surface area contributed by atoms with E-state index in [4.69, 9.17) is 0 Å². The van der Waals surface area contributed by atoms with Gasteiger partial charge in [0, 0.05) is 5.41 Å². The smallest absolute Gasteiger partial charge is 0.0527 e. The lowest BCUT2D eigenvalue weighted by Crippen LogP contribution is -2.27. The normalized spacial score (nSPS) is 22.4. The van der Waals surface area contributed by atoms with Gasteiger partial charge in [-0.1, -0.05) is 31.0 Å². The van der Waals surface area contributed by atoms with Gasteiger partial charge in [0.25, 0.3) is 0 Å². The zero-order chi connectivity index (χ0) is 11.7. The first kappa shape index (κ1) is 11.3. The van der Waals surface area contributed by atoms with E-state index in [9.17, 15) is 5.11 Å². The summed E-state index contributed by atoms with van der Waals surface area (Å²) in [6, 6.07) is 7.00. The monoisotopic (exact) mass is 230 g/mol. The third-order valence-electron chi connectivity index (χ3n) is 4.82. The predicted octanol–water partition coefficient (Wildman–Crippen LogP) is 3.37. The molecule has 0 atom stereocenters. The number of hydrogen-bond donors (Lipinski definition) is 1. The summed E-state index contributed by atoms with van der Waals surface area (Å²) in [6.07, 6.45) is 10.1. The minimum atomic E-state index is 0.0898. The molecule has 92 valence electrons. The summed E-state index contributed by atoms with van der Waals surface area (Å²) in [5.74, 6) is 0. The summed E-state index contributed by atoms with van der Waals surface area (Å²) in [6.45, 7) is 0.325. The van der Waals surface area contributed by atoms with Gasteiger partial charge in [-0.25, -0.2) is 0 Å². The highest BCUT2D eigenvalue weighted by Crippen LogP contribution is 2.41. The molecule has 1 aromatic carbocycles. The molecule has 2 aliphatic rings. The lowest BCUT2D eigenvalue weighted by molar-refractivity contribution is 0.196. The summed E-state index contributed by atoms with van der Waals surface area (Å²) in [5, 5.41) is 9.77. The van der Waals surface area contributed by atoms with Crippen molar-refractivity contribution in [2.45, 2.75) is 56.8 Å². The van der Waals surface area contributed by atoms with Gasteiger partial charge in [-0.3, -0.25) is 0 Å². The molecule has 2 aliphatic carbocycles. The fraction of sp³-hybridized carbons (Fsp3) is 0.625. The average Bonchev–Trinajstić information content (AvgIpc) is 2.88. The zero-order valence-electron chi connectivity index (χ0n) is 10.5. The lowest BCUT2D eigenvalue weighted by atomic mass is 9.77. The first-order valence-corrected chi connectivity index (χ1v) is 7.07. The van der Waals surface area contributed by atoms with Crippen LogP contribution in [0.15, 0.2) is 18.2 Å². The van der Waals surface area contributed by atoms with Crippen LogP contribution in [0.4, 0.5) is 0 Å². The highest BCUT2D eigenvalue weighted by atomic mass is 16.3. The van der Waals surface area contributed by atoms with Gasteiger partial charge in [-0.2, -0.15) is 0 Å². The molecule has 0 saturated heterocycles. The van der Waals surface area contributed by atoms with Crippen LogP contribution >= 0.6 is 0 Å². The SMILES string of the molecule is OCC1(c2ccc3c(c2)CCCC3)CCCC1. The van der Waals surface area contributed by atoms with Gasteiger partial charge in [0.1, 0.15) is 0 Å². The number of hydrogen-bond acceptors (Lipinski definition) is 1. The van der Waals surface area contributed by atoms with E-state index in [0.717, 1.165) is 0 Å². The van der Waals surface area contributed by atoms with E-state index in [1.807, 2.05) is 0 Å². The molecule has 1 heteroatoms. The van der Waals surface area contributed by atoms with Crippen molar-refractivity contribution in [3.8, 4) is 0 Å². The van der Waals surface area contributed by atoms with Crippen molar-refractivity contribution in [1.29, 1.82) is 0 Å². The van der Waals surface area contributed by atoms with Gasteiger partial charge in [-0.15, -0.1) is 0 Å². The van der Waals surface area contributed by atoms with Crippen LogP contribution in [0.3, 0.4) is 0 Å². The average molecular weight is 230 g/mol. The van der Waals surface area contributed by atoms with E-state index in [1.165, 1.54) is 56.9 Å². The molecule has 1 N–H and O–H groups in total. The molecule has 17 heavy (non-hydrogen) atoms. The predicted molar refractivity (Wildman–Crippen MR) is 70.3 cm³/mol. The number of fused-ring (bicyclic) bond motifs is 1. The van der Waals surface area contributed by atoms with Crippen LogP contribution in [0.1, 0.15) is 55.2 Å². The highest BCUT2D eigenvalue weighted by molar-refractivity contribution is 5.38. The topological polar surface area (TPSA) is 20.2 Å². The van der Waals surface area contributed by atoms with Crippen LogP contribution in [0, 0.1) is 0 Å². The molecular formula is C16H22O. The molecule has 0 amide bonds. The Morgan fingerprint density at radius 1 is 0.941 bits per heavy atom. The Bertz CT molecular complexity index is 402. The van der Waals surface area contributed by atoms with Crippen molar-refractivity contribution in [3.63, 3.8) is 0 Å². The molecule has 0 heterocycles. The van der Waals surface area contributed by atoms with Crippen molar-refractivity contribution in [3.05, 3.63) is 34.9 Å². The van der Waals surface area contributed by atoms with Crippen molar-refractivity contribution in [1.82, 2.24) is 0 Å². The minimum Gasteiger partial charge on any atom is -0.395 e. The Morgan fingerprint density at radius 3 is 2.35 bits per heavy atom. The van der Waals surface area contributed by atoms with Gasteiger partial charge in [0.05, 0.1) is 6.61 Å². The molecule has 0 unspecified atom stereocenters. The van der Waals surface area contributed by atoms with Crippen molar-refractivity contribution < 1.29 is 5.11 Å². The standard InChI is InChI=1S/C16H22O/c17-12-16(9-3-4-10-16)15-8-7-13-5-1-2-6-14(13)11-15/h7-8,11,17H,1-6,9-10,12H2. The molecule has 0 radical (unpaired) electrons. The first-order chi connectivity index (χ1) is 8.34. The zero-order valence-corrected chi connectivity index (χ0v) is 10.5. The molecule has 0 aliphatic heterocycles. The fourth-order valence-electron chi connectivity index (χ4n) is 3.65. The Labute approximate surface area is 104 Å². The van der Waals surface area contributed by atoms with E-state index >= 15 is 0 Å². The molecule has 1 fully saturated rings. The maximum atomic E-state index is 9.77. The molecule has 3 rings (SSSR count). The summed E-state index contributed by atoms with van der Waals surface area (Å²) in [4.78, 5) is 0. The van der Waals surface area contributed by atoms with Crippen molar-refractivity contribution in [2.24, 2.45) is 0 Å². The van der Waals surface area contributed by atoms with E-state index in [1.54, 1.807) is 11.1 Å². The number of rotatable bonds is 2. The van der Waals surface area contributed by atoms with Gasteiger partial charge < -0.3 is 5.11 Å². The largest absolute Gasteiger partial charge is 0.395 e. The number of benzene rings is 1. The molecule has 0 spiro atoms. The molecule has 1 saturated carbocycles. The Hall–Kier alpha value is -0.820. The summed E-state index contributed by atoms with van der Waals surface area (Å²) < 4.78 is 0. The molecule has 1 aromatic rings. The van der Waals surface area contributed by atoms with E-state index in [0.29, 0.717) is 6.61 Å². The Balaban J connectivity index is 1.97. The summed E-state index contributed by atoms with van der Waals surface area (Å²) >= 11 is 0. The number of aryl methyl sites for hydroxylation is 2. The second-order valence-electron chi connectivity index (χ2n) is 5.84. The van der Waals surface area contributed by atoms with Crippen molar-refractivity contribution >= 4 is 0 Å². The van der Waals surface area contributed by atoms with Crippen LogP contribution in [0.25, 0.3) is 0 Å². The molecular weight excluding hydrogens is 208 g/mol. The third-order valence-corrected chi connectivity index (χ3v) is 4.82. The second kappa shape index (κ2) is 4.45. The fourth-order valence-corrected chi connectivity index (χ4v) is 3.65. The Morgan fingerprint density at radius 2 is 1.65 bits per heavy atom. The van der Waals surface area contributed by atoms with Crippen molar-refractivity contribution in [2.75, 3.05) is 6.61 Å². The van der Waals surface area contributed by atoms with E-state index in [2.05, 4.69) is 18.2 Å². The lowest BCUT2D eigenvalue weighted by Gasteiger charge is -2.29. The van der Waals surface area contributed by atoms with Gasteiger partial charge >= 0.3 is 0 Å². The van der Waals surface area contributed by atoms with Gasteiger partial charge in [0.2, 0.25) is 0 Å². The molecule has 0 bridgehead atoms. The first-order valence-electron chi connectivity index (χ1n) is 7.07. The number of aliphatic hydroxyl groups is 1. The second-order valence-corrected chi connectivity index (χ2v) is 5.84. The van der Waals surface area contributed by atoms with Crippen LogP contribution in [0.2, 0.25) is 0 Å². The summed E-state index contributed by atoms with van der Waals surface area (Å²) in [5.41, 5.74) is 4.59. The van der Waals surface area contributed by atoms with Crippen LogP contribution in [-0.4, -0.2) is 11.7 Å². The third kappa shape index (κ3) is 1.91. The van der Waals surface area contributed by atoms with Gasteiger partial charge in [-0.05, 0) is 55.2 Å². The molecule has 0 aromatic heterocycles.